The molecule has 0 atom stereocenters. The summed E-state index contributed by atoms with van der Waals surface area (Å²) in [6, 6.07) is 9.14. The van der Waals surface area contributed by atoms with Crippen molar-refractivity contribution >= 4 is 40.6 Å². The molecule has 9 heteroatoms. The highest BCUT2D eigenvalue weighted by molar-refractivity contribution is 6.35. The summed E-state index contributed by atoms with van der Waals surface area (Å²) in [5.74, 6) is 2.01. The molecular formula is C20H20Cl2N6O. The lowest BCUT2D eigenvalue weighted by molar-refractivity contribution is -0.132. The molecule has 1 saturated carbocycles. The zero-order chi connectivity index (χ0) is 20.0. The molecule has 0 radical (unpaired) electrons. The maximum absolute atomic E-state index is 12.4. The second-order valence-corrected chi connectivity index (χ2v) is 8.46. The number of halogens is 2. The molecule has 29 heavy (non-hydrogen) atoms. The quantitative estimate of drug-likeness (QED) is 0.635. The lowest BCUT2D eigenvalue weighted by atomic mass is 10.2. The molecule has 1 aliphatic carbocycles. The number of nitrogens with zero attached hydrogens (tertiary/aromatic N) is 6. The summed E-state index contributed by atoms with van der Waals surface area (Å²) in [4.78, 5) is 16.6. The van der Waals surface area contributed by atoms with Crippen molar-refractivity contribution in [3.05, 3.63) is 40.4 Å². The maximum Gasteiger partial charge on any atom is 0.225 e. The molecule has 3 aromatic rings. The van der Waals surface area contributed by atoms with Crippen molar-refractivity contribution in [2.45, 2.75) is 19.3 Å². The molecule has 5 rings (SSSR count). The van der Waals surface area contributed by atoms with E-state index < -0.39 is 0 Å². The first-order valence-corrected chi connectivity index (χ1v) is 10.6. The van der Waals surface area contributed by atoms with Crippen LogP contribution in [0.25, 0.3) is 17.0 Å². The topological polar surface area (TPSA) is 66.6 Å². The monoisotopic (exact) mass is 430 g/mol. The van der Waals surface area contributed by atoms with E-state index in [1.807, 2.05) is 17.0 Å². The average Bonchev–Trinajstić information content (AvgIpc) is 3.50. The van der Waals surface area contributed by atoms with Gasteiger partial charge in [0.05, 0.1) is 0 Å². The van der Waals surface area contributed by atoms with Gasteiger partial charge < -0.3 is 9.80 Å². The molecule has 0 bridgehead atoms. The molecule has 2 aromatic heterocycles. The van der Waals surface area contributed by atoms with Crippen LogP contribution in [-0.4, -0.2) is 56.8 Å². The van der Waals surface area contributed by atoms with Gasteiger partial charge in [0.2, 0.25) is 5.91 Å². The molecular weight excluding hydrogens is 411 g/mol. The standard InChI is InChI=1S/C20H20Cl2N6O/c21-15-10-14(11-16(22)12-15)19-24-23-17-4-5-18(25-28(17)19)26-6-1-7-27(9-8-26)20(29)13-2-3-13/h4-5,10-13H,1-3,6-9H2. The van der Waals surface area contributed by atoms with Gasteiger partial charge in [-0.25, -0.2) is 0 Å². The third-order valence-electron chi connectivity index (χ3n) is 5.43. The Bertz CT molecular complexity index is 1060. The maximum atomic E-state index is 12.4. The number of amides is 1. The first-order valence-electron chi connectivity index (χ1n) is 9.81. The molecule has 0 spiro atoms. The normalized spacial score (nSPS) is 17.6. The van der Waals surface area contributed by atoms with Gasteiger partial charge in [-0.1, -0.05) is 23.2 Å². The van der Waals surface area contributed by atoms with E-state index in [0.717, 1.165) is 56.8 Å². The van der Waals surface area contributed by atoms with Crippen LogP contribution in [0.5, 0.6) is 0 Å². The summed E-state index contributed by atoms with van der Waals surface area (Å²) in [6.07, 6.45) is 3.01. The zero-order valence-corrected chi connectivity index (χ0v) is 17.3. The van der Waals surface area contributed by atoms with Gasteiger partial charge in [0.15, 0.2) is 11.5 Å². The van der Waals surface area contributed by atoms with Gasteiger partial charge in [0, 0.05) is 47.7 Å². The Morgan fingerprint density at radius 3 is 2.52 bits per heavy atom. The Labute approximate surface area is 178 Å². The Morgan fingerprint density at radius 1 is 0.966 bits per heavy atom. The Balaban J connectivity index is 1.43. The number of carbonyl (C=O) groups excluding carboxylic acids is 1. The van der Waals surface area contributed by atoms with Gasteiger partial charge >= 0.3 is 0 Å². The molecule has 1 aromatic carbocycles. The molecule has 1 amide bonds. The number of rotatable bonds is 3. The van der Waals surface area contributed by atoms with Crippen LogP contribution in [0.2, 0.25) is 10.0 Å². The number of carbonyl (C=O) groups is 1. The highest BCUT2D eigenvalue weighted by atomic mass is 35.5. The zero-order valence-electron chi connectivity index (χ0n) is 15.8. The van der Waals surface area contributed by atoms with Gasteiger partial charge in [-0.2, -0.15) is 4.52 Å². The Morgan fingerprint density at radius 2 is 1.76 bits per heavy atom. The third-order valence-corrected chi connectivity index (χ3v) is 5.86. The second-order valence-electron chi connectivity index (χ2n) is 7.58. The van der Waals surface area contributed by atoms with Crippen LogP contribution in [0, 0.1) is 5.92 Å². The summed E-state index contributed by atoms with van der Waals surface area (Å²) in [5.41, 5.74) is 1.41. The van der Waals surface area contributed by atoms with Crippen molar-refractivity contribution in [3.8, 4) is 11.4 Å². The minimum Gasteiger partial charge on any atom is -0.353 e. The molecule has 3 heterocycles. The molecule has 2 aliphatic rings. The molecule has 7 nitrogen and oxygen atoms in total. The van der Waals surface area contributed by atoms with Crippen LogP contribution < -0.4 is 4.90 Å². The Hall–Kier alpha value is -2.38. The predicted octanol–water partition coefficient (Wildman–Crippen LogP) is 3.55. The third kappa shape index (κ3) is 3.76. The predicted molar refractivity (Wildman–Crippen MR) is 112 cm³/mol. The first-order chi connectivity index (χ1) is 14.1. The number of hydrogen-bond donors (Lipinski definition) is 0. The fourth-order valence-electron chi connectivity index (χ4n) is 3.77. The average molecular weight is 431 g/mol. The summed E-state index contributed by atoms with van der Waals surface area (Å²) in [6.45, 7) is 3.16. The fourth-order valence-corrected chi connectivity index (χ4v) is 4.29. The van der Waals surface area contributed by atoms with Crippen LogP contribution in [0.3, 0.4) is 0 Å². The van der Waals surface area contributed by atoms with Crippen molar-refractivity contribution in [2.75, 3.05) is 31.1 Å². The molecule has 1 saturated heterocycles. The number of fused-ring (bicyclic) bond motifs is 1. The van der Waals surface area contributed by atoms with Crippen LogP contribution in [-0.2, 0) is 4.79 Å². The molecule has 150 valence electrons. The van der Waals surface area contributed by atoms with E-state index in [1.54, 1.807) is 22.7 Å². The van der Waals surface area contributed by atoms with Gasteiger partial charge in [-0.05, 0) is 49.6 Å². The molecule has 2 fully saturated rings. The smallest absolute Gasteiger partial charge is 0.225 e. The first kappa shape index (κ1) is 18.6. The van der Waals surface area contributed by atoms with Gasteiger partial charge in [-0.15, -0.1) is 15.3 Å². The van der Waals surface area contributed by atoms with Crippen LogP contribution >= 0.6 is 23.2 Å². The van der Waals surface area contributed by atoms with E-state index >= 15 is 0 Å². The van der Waals surface area contributed by atoms with Crippen molar-refractivity contribution < 1.29 is 4.79 Å². The SMILES string of the molecule is O=C(C1CC1)N1CCCN(c2ccc3nnc(-c4cc(Cl)cc(Cl)c4)n3n2)CC1. The second kappa shape index (κ2) is 7.46. The van der Waals surface area contributed by atoms with E-state index in [2.05, 4.69) is 15.1 Å². The number of aromatic nitrogens is 4. The molecule has 0 N–H and O–H groups in total. The van der Waals surface area contributed by atoms with E-state index in [4.69, 9.17) is 28.3 Å². The Kier molecular flexibility index (Phi) is 4.80. The minimum atomic E-state index is 0.264. The highest BCUT2D eigenvalue weighted by Gasteiger charge is 2.34. The number of benzene rings is 1. The van der Waals surface area contributed by atoms with Gasteiger partial charge in [-0.3, -0.25) is 4.79 Å². The van der Waals surface area contributed by atoms with E-state index in [9.17, 15) is 4.79 Å². The fraction of sp³-hybridized carbons (Fsp3) is 0.400. The number of anilines is 1. The van der Waals surface area contributed by atoms with E-state index in [-0.39, 0.29) is 5.92 Å². The van der Waals surface area contributed by atoms with Crippen molar-refractivity contribution in [1.29, 1.82) is 0 Å². The van der Waals surface area contributed by atoms with Crippen molar-refractivity contribution in [3.63, 3.8) is 0 Å². The van der Waals surface area contributed by atoms with Crippen LogP contribution in [0.1, 0.15) is 19.3 Å². The summed E-state index contributed by atoms with van der Waals surface area (Å²) < 4.78 is 1.72. The highest BCUT2D eigenvalue weighted by Crippen LogP contribution is 2.31. The number of hydrogen-bond acceptors (Lipinski definition) is 5. The largest absolute Gasteiger partial charge is 0.353 e. The lowest BCUT2D eigenvalue weighted by Gasteiger charge is -2.22. The molecule has 1 aliphatic heterocycles. The lowest BCUT2D eigenvalue weighted by Crippen LogP contribution is -2.36. The summed E-state index contributed by atoms with van der Waals surface area (Å²) >= 11 is 12.3. The van der Waals surface area contributed by atoms with Crippen LogP contribution in [0.4, 0.5) is 5.82 Å². The van der Waals surface area contributed by atoms with E-state index in [1.165, 1.54) is 0 Å². The van der Waals surface area contributed by atoms with Crippen molar-refractivity contribution in [1.82, 2.24) is 24.7 Å². The van der Waals surface area contributed by atoms with Gasteiger partial charge in [0.25, 0.3) is 0 Å². The van der Waals surface area contributed by atoms with E-state index in [0.29, 0.717) is 27.4 Å². The van der Waals surface area contributed by atoms with Crippen LogP contribution in [0.15, 0.2) is 30.3 Å². The molecule has 0 unspecified atom stereocenters. The minimum absolute atomic E-state index is 0.264. The van der Waals surface area contributed by atoms with Gasteiger partial charge in [0.1, 0.15) is 5.82 Å². The summed E-state index contributed by atoms with van der Waals surface area (Å²) in [7, 11) is 0. The van der Waals surface area contributed by atoms with Crippen molar-refractivity contribution in [2.24, 2.45) is 5.92 Å². The summed E-state index contributed by atoms with van der Waals surface area (Å²) in [5, 5.41) is 14.3.